The van der Waals surface area contributed by atoms with Gasteiger partial charge >= 0.3 is 0 Å². The summed E-state index contributed by atoms with van der Waals surface area (Å²) in [5.74, 6) is -0.195. The summed E-state index contributed by atoms with van der Waals surface area (Å²) >= 11 is 13.1. The molecule has 0 saturated heterocycles. The lowest BCUT2D eigenvalue weighted by atomic mass is 10.1. The Kier molecular flexibility index (Phi) is 6.92. The van der Waals surface area contributed by atoms with E-state index in [1.54, 1.807) is 12.1 Å². The number of hydrogen-bond donors (Lipinski definition) is 2. The number of aromatic nitrogens is 3. The quantitative estimate of drug-likeness (QED) is 0.350. The highest BCUT2D eigenvalue weighted by Crippen LogP contribution is 2.39. The normalized spacial score (nSPS) is 15.0. The third kappa shape index (κ3) is 4.45. The van der Waals surface area contributed by atoms with Crippen LogP contribution < -0.4 is 10.5 Å². The maximum Gasteiger partial charge on any atom is 0.152 e. The molecule has 1 saturated carbocycles. The summed E-state index contributed by atoms with van der Waals surface area (Å²) in [7, 11) is -1.75. The molecule has 33 heavy (non-hydrogen) atoms. The topological polar surface area (TPSA) is 117 Å². The zero-order valence-corrected chi connectivity index (χ0v) is 20.3. The van der Waals surface area contributed by atoms with Crippen molar-refractivity contribution in [1.29, 1.82) is 0 Å². The summed E-state index contributed by atoms with van der Waals surface area (Å²) < 4.78 is 33.1. The van der Waals surface area contributed by atoms with Crippen molar-refractivity contribution in [2.45, 2.75) is 36.6 Å². The molecule has 1 atom stereocenters. The molecule has 1 aliphatic rings. The van der Waals surface area contributed by atoms with E-state index in [1.165, 1.54) is 31.3 Å². The molecule has 174 valence electrons. The van der Waals surface area contributed by atoms with Crippen LogP contribution in [0.2, 0.25) is 8.67 Å². The Bertz CT molecular complexity index is 1350. The number of halogens is 3. The van der Waals surface area contributed by atoms with Crippen molar-refractivity contribution < 1.29 is 14.1 Å². The Balaban J connectivity index is 0.00000259. The monoisotopic (exact) mass is 527 g/mol. The third-order valence-electron chi connectivity index (χ3n) is 5.66. The van der Waals surface area contributed by atoms with Crippen LogP contribution in [0.4, 0.5) is 15.9 Å². The zero-order chi connectivity index (χ0) is 22.4. The van der Waals surface area contributed by atoms with Gasteiger partial charge in [0.2, 0.25) is 0 Å². The Morgan fingerprint density at radius 2 is 1.97 bits per heavy atom. The number of thiophene rings is 1. The highest BCUT2D eigenvalue weighted by atomic mass is 35.5. The fourth-order valence-electron chi connectivity index (χ4n) is 4.16. The van der Waals surface area contributed by atoms with Crippen LogP contribution in [-0.2, 0) is 11.0 Å². The van der Waals surface area contributed by atoms with Gasteiger partial charge in [0.1, 0.15) is 27.9 Å². The molecule has 4 aromatic rings. The summed E-state index contributed by atoms with van der Waals surface area (Å²) in [6.45, 7) is 0. The summed E-state index contributed by atoms with van der Waals surface area (Å²) in [4.78, 5) is 8.91. The Hall–Kier alpha value is -2.24. The highest BCUT2D eigenvalue weighted by Gasteiger charge is 2.23. The predicted molar refractivity (Wildman–Crippen MR) is 133 cm³/mol. The molecule has 0 radical (unpaired) electrons. The number of nitrogens with two attached hydrogens (primary N) is 1. The molecule has 0 bridgehead atoms. The molecule has 1 fully saturated rings. The molecule has 0 spiro atoms. The van der Waals surface area contributed by atoms with E-state index in [1.807, 2.05) is 6.20 Å². The molecule has 0 amide bonds. The number of nitrogens with one attached hydrogen (secondary N) is 1. The van der Waals surface area contributed by atoms with Gasteiger partial charge < -0.3 is 15.8 Å². The zero-order valence-electron chi connectivity index (χ0n) is 17.1. The van der Waals surface area contributed by atoms with Crippen LogP contribution >= 0.6 is 34.5 Å². The Labute approximate surface area is 205 Å². The van der Waals surface area contributed by atoms with Crippen LogP contribution in [0.25, 0.3) is 22.2 Å². The van der Waals surface area contributed by atoms with Crippen LogP contribution in [0.5, 0.6) is 0 Å². The van der Waals surface area contributed by atoms with E-state index in [9.17, 15) is 4.21 Å². The second-order valence-electron chi connectivity index (χ2n) is 7.60. The predicted octanol–water partition coefficient (Wildman–Crippen LogP) is 5.61. The Morgan fingerprint density at radius 1 is 1.21 bits per heavy atom. The number of nitrogens with zero attached hydrogens (tertiary/aromatic N) is 3. The first-order valence-corrected chi connectivity index (χ1v) is 12.7. The molecule has 3 heterocycles. The molecule has 7 nitrogen and oxygen atoms in total. The fourth-order valence-corrected chi connectivity index (χ4v) is 6.98. The van der Waals surface area contributed by atoms with Crippen molar-refractivity contribution in [3.8, 4) is 11.1 Å². The van der Waals surface area contributed by atoms with Gasteiger partial charge in [0.25, 0.3) is 0 Å². The van der Waals surface area contributed by atoms with Gasteiger partial charge in [-0.25, -0.2) is 18.6 Å². The first kappa shape index (κ1) is 23.9. The van der Waals surface area contributed by atoms with Gasteiger partial charge in [0.15, 0.2) is 11.0 Å². The number of nitrogen functional groups attached to an aromatic ring is 1. The van der Waals surface area contributed by atoms with Crippen molar-refractivity contribution in [2.24, 2.45) is 0 Å². The number of benzene rings is 1. The molecular formula is C21H20Cl2FN5O2S2. The average Bonchev–Trinajstić information content (AvgIpc) is 3.48. The molecule has 3 aromatic heterocycles. The SMILES string of the molecule is Nc1ncnc2c1c(-c1ccc(NS(=O)c3cc(Cl)sc3Cl)c(F)c1)cn2C1CCCC1.O. The van der Waals surface area contributed by atoms with E-state index < -0.39 is 16.8 Å². The van der Waals surface area contributed by atoms with Crippen LogP contribution in [-0.4, -0.2) is 24.2 Å². The number of anilines is 2. The smallest absolute Gasteiger partial charge is 0.152 e. The van der Waals surface area contributed by atoms with Gasteiger partial charge in [0, 0.05) is 17.8 Å². The minimum Gasteiger partial charge on any atom is -0.412 e. The van der Waals surface area contributed by atoms with Crippen LogP contribution in [0.15, 0.2) is 41.7 Å². The van der Waals surface area contributed by atoms with Crippen LogP contribution in [0, 0.1) is 5.82 Å². The first-order chi connectivity index (χ1) is 15.4. The van der Waals surface area contributed by atoms with E-state index in [0.717, 1.165) is 35.4 Å². The standard InChI is InChI=1S/C21H18Cl2FN5OS2.H2O/c22-17-8-16(19(23)31-17)32(30)28-15-6-5-11(7-14(15)24)13-9-29(12-3-1-2-4-12)21-18(13)20(25)26-10-27-21;/h5-10,12,28H,1-4H2,(H2,25,26,27);1H2. The maximum absolute atomic E-state index is 15.0. The second-order valence-corrected chi connectivity index (χ2v) is 11.1. The highest BCUT2D eigenvalue weighted by molar-refractivity contribution is 7.86. The Morgan fingerprint density at radius 3 is 2.64 bits per heavy atom. The van der Waals surface area contributed by atoms with E-state index in [-0.39, 0.29) is 11.2 Å². The van der Waals surface area contributed by atoms with Crippen molar-refractivity contribution in [2.75, 3.05) is 10.5 Å². The fraction of sp³-hybridized carbons (Fsp3) is 0.238. The van der Waals surface area contributed by atoms with E-state index in [0.29, 0.717) is 36.4 Å². The van der Waals surface area contributed by atoms with Crippen molar-refractivity contribution >= 4 is 68.1 Å². The molecule has 5 N–H and O–H groups in total. The minimum absolute atomic E-state index is 0. The number of rotatable bonds is 5. The van der Waals surface area contributed by atoms with E-state index in [4.69, 9.17) is 28.9 Å². The van der Waals surface area contributed by atoms with Crippen molar-refractivity contribution in [1.82, 2.24) is 14.5 Å². The van der Waals surface area contributed by atoms with Gasteiger partial charge in [-0.05, 0) is 36.6 Å². The van der Waals surface area contributed by atoms with Crippen LogP contribution in [0.3, 0.4) is 0 Å². The number of fused-ring (bicyclic) bond motifs is 1. The van der Waals surface area contributed by atoms with Gasteiger partial charge in [0.05, 0.1) is 20.3 Å². The van der Waals surface area contributed by atoms with Gasteiger partial charge in [-0.15, -0.1) is 11.3 Å². The number of hydrogen-bond acceptors (Lipinski definition) is 5. The molecule has 5 rings (SSSR count). The van der Waals surface area contributed by atoms with E-state index in [2.05, 4.69) is 19.3 Å². The molecule has 0 aliphatic heterocycles. The lowest BCUT2D eigenvalue weighted by Crippen LogP contribution is -2.06. The molecular weight excluding hydrogens is 508 g/mol. The van der Waals surface area contributed by atoms with Gasteiger partial charge in [-0.3, -0.25) is 4.72 Å². The lowest BCUT2D eigenvalue weighted by Gasteiger charge is -2.12. The summed E-state index contributed by atoms with van der Waals surface area (Å²) in [6.07, 6.45) is 7.94. The van der Waals surface area contributed by atoms with Crippen molar-refractivity contribution in [3.63, 3.8) is 0 Å². The van der Waals surface area contributed by atoms with Gasteiger partial charge in [-0.2, -0.15) is 0 Å². The lowest BCUT2D eigenvalue weighted by molar-refractivity contribution is 0.532. The molecule has 1 aromatic carbocycles. The first-order valence-electron chi connectivity index (χ1n) is 9.96. The van der Waals surface area contributed by atoms with Crippen LogP contribution in [0.1, 0.15) is 31.7 Å². The average molecular weight is 528 g/mol. The molecule has 1 unspecified atom stereocenters. The maximum atomic E-state index is 15.0. The third-order valence-corrected chi connectivity index (χ3v) is 8.52. The minimum atomic E-state index is -1.75. The summed E-state index contributed by atoms with van der Waals surface area (Å²) in [6, 6.07) is 6.54. The largest absolute Gasteiger partial charge is 0.412 e. The van der Waals surface area contributed by atoms with E-state index >= 15 is 4.39 Å². The summed E-state index contributed by atoms with van der Waals surface area (Å²) in [5, 5.41) is 0.711. The van der Waals surface area contributed by atoms with Crippen molar-refractivity contribution in [3.05, 3.63) is 51.3 Å². The van der Waals surface area contributed by atoms with Gasteiger partial charge in [-0.1, -0.05) is 42.1 Å². The molecule has 1 aliphatic carbocycles. The summed E-state index contributed by atoms with van der Waals surface area (Å²) in [5.41, 5.74) is 8.44. The molecule has 12 heteroatoms. The second kappa shape index (κ2) is 9.55.